The first-order valence-corrected chi connectivity index (χ1v) is 10.0. The maximum absolute atomic E-state index is 12.6. The molecule has 0 bridgehead atoms. The third-order valence-electron chi connectivity index (χ3n) is 5.55. The summed E-state index contributed by atoms with van der Waals surface area (Å²) in [7, 11) is 0. The number of halogens is 3. The number of hydrogen-bond acceptors (Lipinski definition) is 5. The van der Waals surface area contributed by atoms with Crippen LogP contribution >= 0.6 is 0 Å². The van der Waals surface area contributed by atoms with Crippen molar-refractivity contribution in [2.75, 3.05) is 36.1 Å². The van der Waals surface area contributed by atoms with E-state index >= 15 is 0 Å². The van der Waals surface area contributed by atoms with Gasteiger partial charge in [0.15, 0.2) is 0 Å². The molecule has 2 saturated heterocycles. The monoisotopic (exact) mass is 423 g/mol. The fraction of sp³-hybridized carbons (Fsp3) is 0.476. The molecule has 30 heavy (non-hydrogen) atoms. The van der Waals surface area contributed by atoms with Crippen LogP contribution in [0.15, 0.2) is 41.2 Å². The molecule has 6 nitrogen and oxygen atoms in total. The molecule has 0 saturated carbocycles. The first-order chi connectivity index (χ1) is 14.3. The molecule has 9 heteroatoms. The molecule has 1 N–H and O–H groups in total. The van der Waals surface area contributed by atoms with Crippen LogP contribution in [0.3, 0.4) is 0 Å². The zero-order valence-corrected chi connectivity index (χ0v) is 16.6. The number of ether oxygens (including phenoxy) is 2. The summed E-state index contributed by atoms with van der Waals surface area (Å²) in [5, 5.41) is 0. The summed E-state index contributed by atoms with van der Waals surface area (Å²) >= 11 is 0. The quantitative estimate of drug-likeness (QED) is 0.810. The number of pyridine rings is 1. The van der Waals surface area contributed by atoms with Crippen molar-refractivity contribution < 1.29 is 22.6 Å². The van der Waals surface area contributed by atoms with Crippen molar-refractivity contribution in [3.05, 3.63) is 52.3 Å². The van der Waals surface area contributed by atoms with Crippen LogP contribution in [0.1, 0.15) is 31.4 Å². The van der Waals surface area contributed by atoms with Crippen LogP contribution < -0.4 is 20.1 Å². The summed E-state index contributed by atoms with van der Waals surface area (Å²) in [5.74, 6) is 0.428. The van der Waals surface area contributed by atoms with Crippen LogP contribution in [0.25, 0.3) is 0 Å². The van der Waals surface area contributed by atoms with E-state index in [0.29, 0.717) is 32.1 Å². The average molecular weight is 423 g/mol. The predicted octanol–water partition coefficient (Wildman–Crippen LogP) is 3.84. The molecule has 162 valence electrons. The number of H-pyrrole nitrogens is 1. The van der Waals surface area contributed by atoms with Gasteiger partial charge in [-0.25, -0.2) is 0 Å². The summed E-state index contributed by atoms with van der Waals surface area (Å²) in [6, 6.07) is 9.58. The standard InChI is InChI=1S/C21H24F3N3O3/c1-14-13-29-9-8-26(14)16-11-19(25-20(28)12-16)27-7-3-6-18(27)15-4-2-5-17(10-15)30-21(22,23)24/h2,4-5,10-12,14,18H,3,6-9,13H2,1H3,(H,25,28)/t14-,18?/m1/s1. The summed E-state index contributed by atoms with van der Waals surface area (Å²) < 4.78 is 47.4. The Labute approximate surface area is 172 Å². The zero-order valence-electron chi connectivity index (χ0n) is 16.6. The van der Waals surface area contributed by atoms with Gasteiger partial charge < -0.3 is 24.3 Å². The Morgan fingerprint density at radius 1 is 1.17 bits per heavy atom. The Bertz CT molecular complexity index is 947. The van der Waals surface area contributed by atoms with Crippen molar-refractivity contribution >= 4 is 11.5 Å². The molecular formula is C21H24F3N3O3. The lowest BCUT2D eigenvalue weighted by atomic mass is 10.0. The number of benzene rings is 1. The molecule has 2 aliphatic rings. The first-order valence-electron chi connectivity index (χ1n) is 10.0. The van der Waals surface area contributed by atoms with Crippen molar-refractivity contribution in [3.8, 4) is 5.75 Å². The van der Waals surface area contributed by atoms with Crippen LogP contribution in [0.5, 0.6) is 5.75 Å². The molecule has 2 atom stereocenters. The molecule has 1 aromatic heterocycles. The van der Waals surface area contributed by atoms with E-state index < -0.39 is 6.36 Å². The van der Waals surface area contributed by atoms with Crippen molar-refractivity contribution in [2.45, 2.75) is 38.2 Å². The number of nitrogens with zero attached hydrogens (tertiary/aromatic N) is 2. The maximum atomic E-state index is 12.6. The summed E-state index contributed by atoms with van der Waals surface area (Å²) in [4.78, 5) is 19.5. The second-order valence-electron chi connectivity index (χ2n) is 7.68. The average Bonchev–Trinajstić information content (AvgIpc) is 3.17. The minimum absolute atomic E-state index is 0.144. The SMILES string of the molecule is C[C@@H]1COCCN1c1cc(N2CCCC2c2cccc(OC(F)(F)F)c2)[nH]c(=O)c1. The lowest BCUT2D eigenvalue weighted by Gasteiger charge is -2.36. The van der Waals surface area contributed by atoms with E-state index in [2.05, 4.69) is 14.6 Å². The number of hydrogen-bond donors (Lipinski definition) is 1. The third-order valence-corrected chi connectivity index (χ3v) is 5.55. The highest BCUT2D eigenvalue weighted by molar-refractivity contribution is 5.57. The molecule has 2 fully saturated rings. The summed E-state index contributed by atoms with van der Waals surface area (Å²) in [5.41, 5.74) is 1.34. The molecule has 1 aromatic carbocycles. The Balaban J connectivity index is 1.63. The summed E-state index contributed by atoms with van der Waals surface area (Å²) in [6.07, 6.45) is -3.09. The lowest BCUT2D eigenvalue weighted by molar-refractivity contribution is -0.274. The largest absolute Gasteiger partial charge is 0.573 e. The van der Waals surface area contributed by atoms with Crippen LogP contribution in [0.4, 0.5) is 24.7 Å². The minimum Gasteiger partial charge on any atom is -0.406 e. The number of morpholine rings is 1. The number of aromatic nitrogens is 1. The van der Waals surface area contributed by atoms with Crippen molar-refractivity contribution in [1.29, 1.82) is 0 Å². The van der Waals surface area contributed by atoms with Gasteiger partial charge in [-0.15, -0.1) is 13.2 Å². The Kier molecular flexibility index (Phi) is 5.64. The van der Waals surface area contributed by atoms with Gasteiger partial charge in [-0.3, -0.25) is 4.79 Å². The van der Waals surface area contributed by atoms with E-state index in [1.807, 2.05) is 17.9 Å². The van der Waals surface area contributed by atoms with Crippen molar-refractivity contribution in [2.24, 2.45) is 0 Å². The second kappa shape index (κ2) is 8.22. The molecular weight excluding hydrogens is 399 g/mol. The smallest absolute Gasteiger partial charge is 0.406 e. The lowest BCUT2D eigenvalue weighted by Crippen LogP contribution is -2.44. The van der Waals surface area contributed by atoms with E-state index in [9.17, 15) is 18.0 Å². The number of nitrogens with one attached hydrogen (secondary N) is 1. The normalized spacial score (nSPS) is 22.4. The minimum atomic E-state index is -4.73. The number of alkyl halides is 3. The number of aromatic amines is 1. The van der Waals surface area contributed by atoms with Crippen molar-refractivity contribution in [1.82, 2.24) is 4.98 Å². The highest BCUT2D eigenvalue weighted by Gasteiger charge is 2.32. The van der Waals surface area contributed by atoms with Gasteiger partial charge >= 0.3 is 6.36 Å². The Morgan fingerprint density at radius 3 is 2.77 bits per heavy atom. The fourth-order valence-corrected chi connectivity index (χ4v) is 4.27. The van der Waals surface area contributed by atoms with Gasteiger partial charge in [-0.1, -0.05) is 12.1 Å². The fourth-order valence-electron chi connectivity index (χ4n) is 4.27. The highest BCUT2D eigenvalue weighted by atomic mass is 19.4. The molecule has 0 aliphatic carbocycles. The van der Waals surface area contributed by atoms with Crippen LogP contribution in [0.2, 0.25) is 0 Å². The molecule has 1 unspecified atom stereocenters. The highest BCUT2D eigenvalue weighted by Crippen LogP contribution is 2.37. The third kappa shape index (κ3) is 4.56. The molecule has 3 heterocycles. The first kappa shape index (κ1) is 20.6. The van der Waals surface area contributed by atoms with E-state index in [-0.39, 0.29) is 23.4 Å². The molecule has 0 radical (unpaired) electrons. The topological polar surface area (TPSA) is 57.8 Å². The predicted molar refractivity (Wildman–Crippen MR) is 107 cm³/mol. The molecule has 2 aliphatic heterocycles. The maximum Gasteiger partial charge on any atom is 0.573 e. The van der Waals surface area contributed by atoms with Gasteiger partial charge in [0.25, 0.3) is 5.56 Å². The van der Waals surface area contributed by atoms with Crippen LogP contribution in [-0.2, 0) is 4.74 Å². The van der Waals surface area contributed by atoms with Gasteiger partial charge in [-0.05, 0) is 37.5 Å². The van der Waals surface area contributed by atoms with Gasteiger partial charge in [0.2, 0.25) is 0 Å². The molecule has 4 rings (SSSR count). The number of anilines is 2. The van der Waals surface area contributed by atoms with Crippen molar-refractivity contribution in [3.63, 3.8) is 0 Å². The van der Waals surface area contributed by atoms with Crippen LogP contribution in [-0.4, -0.2) is 43.7 Å². The van der Waals surface area contributed by atoms with Crippen LogP contribution in [0, 0.1) is 0 Å². The molecule has 0 spiro atoms. The van der Waals surface area contributed by atoms with Gasteiger partial charge in [0.05, 0.1) is 19.3 Å². The summed E-state index contributed by atoms with van der Waals surface area (Å²) in [6.45, 7) is 4.65. The van der Waals surface area contributed by atoms with E-state index in [1.54, 1.807) is 18.2 Å². The van der Waals surface area contributed by atoms with E-state index in [0.717, 1.165) is 24.1 Å². The van der Waals surface area contributed by atoms with Gasteiger partial charge in [-0.2, -0.15) is 0 Å². The number of rotatable bonds is 4. The van der Waals surface area contributed by atoms with Gasteiger partial charge in [0, 0.05) is 37.0 Å². The second-order valence-corrected chi connectivity index (χ2v) is 7.68. The van der Waals surface area contributed by atoms with E-state index in [1.165, 1.54) is 12.1 Å². The van der Waals surface area contributed by atoms with Gasteiger partial charge in [0.1, 0.15) is 11.6 Å². The molecule has 0 amide bonds. The van der Waals surface area contributed by atoms with E-state index in [4.69, 9.17) is 4.74 Å². The Morgan fingerprint density at radius 2 is 2.00 bits per heavy atom. The Hall–Kier alpha value is -2.68. The zero-order chi connectivity index (χ0) is 21.3. The molecule has 2 aromatic rings.